The van der Waals surface area contributed by atoms with Crippen molar-refractivity contribution in [1.82, 2.24) is 16.0 Å². The summed E-state index contributed by atoms with van der Waals surface area (Å²) in [6.45, 7) is 4.32. The van der Waals surface area contributed by atoms with E-state index in [4.69, 9.17) is 0 Å². The van der Waals surface area contributed by atoms with Gasteiger partial charge in [-0.2, -0.15) is 0 Å². The van der Waals surface area contributed by atoms with Gasteiger partial charge >= 0.3 is 0 Å². The average Bonchev–Trinajstić information content (AvgIpc) is 2.63. The summed E-state index contributed by atoms with van der Waals surface area (Å²) >= 11 is 0. The summed E-state index contributed by atoms with van der Waals surface area (Å²) in [5, 5.41) is 11.3. The molecule has 2 aromatic rings. The first-order valence-corrected chi connectivity index (χ1v) is 8.90. The lowest BCUT2D eigenvalue weighted by molar-refractivity contribution is -0.122. The molecule has 1 aliphatic rings. The van der Waals surface area contributed by atoms with Gasteiger partial charge in [0.25, 0.3) is 5.91 Å². The third-order valence-corrected chi connectivity index (χ3v) is 4.82. The Morgan fingerprint density at radius 1 is 1.16 bits per heavy atom. The van der Waals surface area contributed by atoms with Gasteiger partial charge in [-0.3, -0.25) is 9.59 Å². The average molecular weight is 339 g/mol. The molecule has 2 atom stereocenters. The fourth-order valence-electron chi connectivity index (χ4n) is 3.18. The van der Waals surface area contributed by atoms with Crippen LogP contribution in [0.25, 0.3) is 10.8 Å². The molecule has 2 amide bonds. The lowest BCUT2D eigenvalue weighted by Gasteiger charge is -2.30. The lowest BCUT2D eigenvalue weighted by Crippen LogP contribution is -2.50. The standard InChI is InChI=1S/C20H25N3O2/c1-14-8-10-21-13-18(14)23-19(24)9-11-22-20(25)17-7-6-15-4-2-3-5-16(15)12-17/h2-7,12,14,18,21H,8-11,13H2,1H3,(H,22,25)(H,23,24). The van der Waals surface area contributed by atoms with Gasteiger partial charge in [-0.05, 0) is 41.8 Å². The minimum Gasteiger partial charge on any atom is -0.352 e. The Morgan fingerprint density at radius 2 is 1.96 bits per heavy atom. The van der Waals surface area contributed by atoms with Gasteiger partial charge < -0.3 is 16.0 Å². The Hall–Kier alpha value is -2.40. The molecule has 3 N–H and O–H groups in total. The fraction of sp³-hybridized carbons (Fsp3) is 0.400. The number of benzene rings is 2. The molecule has 1 aliphatic heterocycles. The van der Waals surface area contributed by atoms with Crippen molar-refractivity contribution in [1.29, 1.82) is 0 Å². The molecule has 0 aliphatic carbocycles. The Bertz CT molecular complexity index is 759. The van der Waals surface area contributed by atoms with E-state index in [0.717, 1.165) is 30.3 Å². The molecule has 0 aromatic heterocycles. The molecule has 25 heavy (non-hydrogen) atoms. The van der Waals surface area contributed by atoms with Crippen LogP contribution in [0.15, 0.2) is 42.5 Å². The van der Waals surface area contributed by atoms with Crippen molar-refractivity contribution < 1.29 is 9.59 Å². The van der Waals surface area contributed by atoms with Crippen molar-refractivity contribution in [3.05, 3.63) is 48.0 Å². The highest BCUT2D eigenvalue weighted by Gasteiger charge is 2.22. The molecule has 5 nitrogen and oxygen atoms in total. The minimum absolute atomic E-state index is 0.0145. The second-order valence-corrected chi connectivity index (χ2v) is 6.71. The summed E-state index contributed by atoms with van der Waals surface area (Å²) in [4.78, 5) is 24.3. The number of rotatable bonds is 5. The molecular formula is C20H25N3O2. The van der Waals surface area contributed by atoms with Gasteiger partial charge in [-0.1, -0.05) is 37.3 Å². The number of carbonyl (C=O) groups excluding carboxylic acids is 2. The molecule has 1 heterocycles. The molecule has 5 heteroatoms. The maximum absolute atomic E-state index is 12.3. The van der Waals surface area contributed by atoms with Gasteiger partial charge in [-0.15, -0.1) is 0 Å². The number of hydrogen-bond donors (Lipinski definition) is 3. The third kappa shape index (κ3) is 4.57. The maximum atomic E-state index is 12.3. The molecule has 132 valence electrons. The molecule has 1 fully saturated rings. The molecule has 2 aromatic carbocycles. The molecule has 2 unspecified atom stereocenters. The normalized spacial score (nSPS) is 20.2. The van der Waals surface area contributed by atoms with E-state index < -0.39 is 0 Å². The second-order valence-electron chi connectivity index (χ2n) is 6.71. The van der Waals surface area contributed by atoms with Crippen molar-refractivity contribution in [2.75, 3.05) is 19.6 Å². The Kier molecular flexibility index (Phi) is 5.66. The number of amides is 2. The molecule has 0 bridgehead atoms. The molecule has 0 saturated carbocycles. The maximum Gasteiger partial charge on any atom is 0.251 e. The van der Waals surface area contributed by atoms with Crippen LogP contribution in [-0.4, -0.2) is 37.5 Å². The number of fused-ring (bicyclic) bond motifs is 1. The molecule has 1 saturated heterocycles. The van der Waals surface area contributed by atoms with Crippen LogP contribution in [0, 0.1) is 5.92 Å². The van der Waals surface area contributed by atoms with Crippen molar-refractivity contribution in [2.24, 2.45) is 5.92 Å². The van der Waals surface area contributed by atoms with Gasteiger partial charge in [0.15, 0.2) is 0 Å². The predicted molar refractivity (Wildman–Crippen MR) is 99.5 cm³/mol. The highest BCUT2D eigenvalue weighted by Crippen LogP contribution is 2.15. The van der Waals surface area contributed by atoms with E-state index in [1.165, 1.54) is 0 Å². The molecule has 0 spiro atoms. The van der Waals surface area contributed by atoms with Crippen LogP contribution in [-0.2, 0) is 4.79 Å². The van der Waals surface area contributed by atoms with E-state index in [0.29, 0.717) is 24.4 Å². The Balaban J connectivity index is 1.47. The first-order chi connectivity index (χ1) is 12.1. The van der Waals surface area contributed by atoms with Gasteiger partial charge in [-0.25, -0.2) is 0 Å². The Labute approximate surface area is 148 Å². The SMILES string of the molecule is CC1CCNCC1NC(=O)CCNC(=O)c1ccc2ccccc2c1. The summed E-state index contributed by atoms with van der Waals surface area (Å²) in [7, 11) is 0. The van der Waals surface area contributed by atoms with E-state index >= 15 is 0 Å². The summed E-state index contributed by atoms with van der Waals surface area (Å²) in [6.07, 6.45) is 1.37. The van der Waals surface area contributed by atoms with E-state index in [1.807, 2.05) is 42.5 Å². The Morgan fingerprint density at radius 3 is 2.76 bits per heavy atom. The van der Waals surface area contributed by atoms with E-state index in [1.54, 1.807) is 0 Å². The first kappa shape index (κ1) is 17.4. The van der Waals surface area contributed by atoms with Crippen LogP contribution in [0.2, 0.25) is 0 Å². The van der Waals surface area contributed by atoms with Crippen LogP contribution in [0.3, 0.4) is 0 Å². The molecule has 3 rings (SSSR count). The zero-order valence-electron chi connectivity index (χ0n) is 14.5. The smallest absolute Gasteiger partial charge is 0.251 e. The largest absolute Gasteiger partial charge is 0.352 e. The number of nitrogens with one attached hydrogen (secondary N) is 3. The monoisotopic (exact) mass is 339 g/mol. The van der Waals surface area contributed by atoms with Crippen LogP contribution >= 0.6 is 0 Å². The predicted octanol–water partition coefficient (Wildman–Crippen LogP) is 2.07. The number of piperidine rings is 1. The van der Waals surface area contributed by atoms with E-state index in [-0.39, 0.29) is 17.9 Å². The van der Waals surface area contributed by atoms with Gasteiger partial charge in [0.05, 0.1) is 0 Å². The summed E-state index contributed by atoms with van der Waals surface area (Å²) < 4.78 is 0. The quantitative estimate of drug-likeness (QED) is 0.781. The highest BCUT2D eigenvalue weighted by molar-refractivity contribution is 5.98. The second kappa shape index (κ2) is 8.12. The summed E-state index contributed by atoms with van der Waals surface area (Å²) in [5.41, 5.74) is 0.615. The number of carbonyl (C=O) groups is 2. The summed E-state index contributed by atoms with van der Waals surface area (Å²) in [6, 6.07) is 13.7. The first-order valence-electron chi connectivity index (χ1n) is 8.90. The van der Waals surface area contributed by atoms with Crippen LogP contribution in [0.1, 0.15) is 30.1 Å². The third-order valence-electron chi connectivity index (χ3n) is 4.82. The van der Waals surface area contributed by atoms with Crippen molar-refractivity contribution in [3.8, 4) is 0 Å². The van der Waals surface area contributed by atoms with Crippen LogP contribution < -0.4 is 16.0 Å². The van der Waals surface area contributed by atoms with Crippen molar-refractivity contribution in [2.45, 2.75) is 25.8 Å². The van der Waals surface area contributed by atoms with Crippen molar-refractivity contribution in [3.63, 3.8) is 0 Å². The van der Waals surface area contributed by atoms with Gasteiger partial charge in [0.1, 0.15) is 0 Å². The van der Waals surface area contributed by atoms with Gasteiger partial charge in [0, 0.05) is 31.1 Å². The zero-order valence-corrected chi connectivity index (χ0v) is 14.5. The molecule has 0 radical (unpaired) electrons. The highest BCUT2D eigenvalue weighted by atomic mass is 16.2. The van der Waals surface area contributed by atoms with Gasteiger partial charge in [0.2, 0.25) is 5.91 Å². The van der Waals surface area contributed by atoms with E-state index in [9.17, 15) is 9.59 Å². The van der Waals surface area contributed by atoms with Crippen LogP contribution in [0.5, 0.6) is 0 Å². The zero-order chi connectivity index (χ0) is 17.6. The minimum atomic E-state index is -0.147. The topological polar surface area (TPSA) is 70.2 Å². The summed E-state index contributed by atoms with van der Waals surface area (Å²) in [5.74, 6) is 0.322. The lowest BCUT2D eigenvalue weighted by atomic mass is 9.95. The number of hydrogen-bond acceptors (Lipinski definition) is 3. The van der Waals surface area contributed by atoms with E-state index in [2.05, 4.69) is 22.9 Å². The molecular weight excluding hydrogens is 314 g/mol. The van der Waals surface area contributed by atoms with Crippen molar-refractivity contribution >= 4 is 22.6 Å². The fourth-order valence-corrected chi connectivity index (χ4v) is 3.18. The van der Waals surface area contributed by atoms with Crippen LogP contribution in [0.4, 0.5) is 0 Å².